The van der Waals surface area contributed by atoms with Crippen LogP contribution >= 0.6 is 11.6 Å². The molecule has 1 aromatic rings. The van der Waals surface area contributed by atoms with Crippen molar-refractivity contribution in [3.05, 3.63) is 28.3 Å². The van der Waals surface area contributed by atoms with Gasteiger partial charge in [0.15, 0.2) is 0 Å². The fraction of sp³-hybridized carbons (Fsp3) is 0.462. The second-order valence-corrected chi connectivity index (χ2v) is 4.30. The number of halogens is 1. The van der Waals surface area contributed by atoms with Crippen LogP contribution in [0.5, 0.6) is 5.75 Å². The molecule has 1 aromatic carbocycles. The quantitative estimate of drug-likeness (QED) is 0.822. The number of rotatable bonds is 5. The third kappa shape index (κ3) is 4.27. The van der Waals surface area contributed by atoms with Gasteiger partial charge in [-0.15, -0.1) is 0 Å². The predicted octanol–water partition coefficient (Wildman–Crippen LogP) is 2.86. The average molecular weight is 256 g/mol. The molecule has 0 spiro atoms. The third-order valence-corrected chi connectivity index (χ3v) is 3.02. The molecule has 4 heteroatoms. The molecule has 0 aliphatic heterocycles. The minimum Gasteiger partial charge on any atom is -0.492 e. The minimum atomic E-state index is 0.0390. The number of hydrogen-bond donors (Lipinski definition) is 1. The topological polar surface area (TPSA) is 38.3 Å². The Bertz CT molecular complexity index is 381. The van der Waals surface area contributed by atoms with E-state index in [1.54, 1.807) is 0 Å². The normalized spacial score (nSPS) is 10.1. The SMILES string of the molecule is CCC(=O)NCCOc1cc(C)c(Cl)c(C)c1. The highest BCUT2D eigenvalue weighted by molar-refractivity contribution is 6.32. The lowest BCUT2D eigenvalue weighted by Crippen LogP contribution is -2.27. The maximum Gasteiger partial charge on any atom is 0.219 e. The molecule has 3 nitrogen and oxygen atoms in total. The molecule has 0 aliphatic rings. The van der Waals surface area contributed by atoms with E-state index in [4.69, 9.17) is 16.3 Å². The van der Waals surface area contributed by atoms with Crippen molar-refractivity contribution in [1.29, 1.82) is 0 Å². The molecule has 1 N–H and O–H groups in total. The summed E-state index contributed by atoms with van der Waals surface area (Å²) in [5, 5.41) is 3.53. The van der Waals surface area contributed by atoms with E-state index in [-0.39, 0.29) is 5.91 Å². The van der Waals surface area contributed by atoms with Gasteiger partial charge >= 0.3 is 0 Å². The van der Waals surface area contributed by atoms with Gasteiger partial charge in [0.05, 0.1) is 6.54 Å². The Morgan fingerprint density at radius 2 is 1.94 bits per heavy atom. The van der Waals surface area contributed by atoms with E-state index >= 15 is 0 Å². The van der Waals surface area contributed by atoms with Gasteiger partial charge in [0.25, 0.3) is 0 Å². The predicted molar refractivity (Wildman–Crippen MR) is 69.7 cm³/mol. The van der Waals surface area contributed by atoms with Crippen LogP contribution in [0.25, 0.3) is 0 Å². The van der Waals surface area contributed by atoms with Crippen LogP contribution in [0.2, 0.25) is 5.02 Å². The highest BCUT2D eigenvalue weighted by Crippen LogP contribution is 2.25. The summed E-state index contributed by atoms with van der Waals surface area (Å²) < 4.78 is 5.54. The molecule has 0 radical (unpaired) electrons. The standard InChI is InChI=1S/C13H18ClNO2/c1-4-12(16)15-5-6-17-11-7-9(2)13(14)10(3)8-11/h7-8H,4-6H2,1-3H3,(H,15,16). The van der Waals surface area contributed by atoms with E-state index in [0.29, 0.717) is 19.6 Å². The van der Waals surface area contributed by atoms with Crippen LogP contribution in [0.1, 0.15) is 24.5 Å². The summed E-state index contributed by atoms with van der Waals surface area (Å²) in [6.07, 6.45) is 0.499. The fourth-order valence-electron chi connectivity index (χ4n) is 1.47. The van der Waals surface area contributed by atoms with Crippen LogP contribution in [0.15, 0.2) is 12.1 Å². The van der Waals surface area contributed by atoms with Gasteiger partial charge < -0.3 is 10.1 Å². The maximum absolute atomic E-state index is 11.0. The molecule has 0 fully saturated rings. The first-order valence-corrected chi connectivity index (χ1v) is 6.08. The lowest BCUT2D eigenvalue weighted by molar-refractivity contribution is -0.120. The smallest absolute Gasteiger partial charge is 0.219 e. The lowest BCUT2D eigenvalue weighted by atomic mass is 10.1. The van der Waals surface area contributed by atoms with Crippen LogP contribution < -0.4 is 10.1 Å². The van der Waals surface area contributed by atoms with Gasteiger partial charge in [-0.25, -0.2) is 0 Å². The molecule has 0 heterocycles. The van der Waals surface area contributed by atoms with Gasteiger partial charge in [-0.1, -0.05) is 18.5 Å². The van der Waals surface area contributed by atoms with Crippen molar-refractivity contribution in [1.82, 2.24) is 5.32 Å². The molecule has 0 atom stereocenters. The molecular weight excluding hydrogens is 238 g/mol. The summed E-state index contributed by atoms with van der Waals surface area (Å²) in [5.41, 5.74) is 2.00. The Morgan fingerprint density at radius 3 is 2.47 bits per heavy atom. The van der Waals surface area contributed by atoms with E-state index in [9.17, 15) is 4.79 Å². The van der Waals surface area contributed by atoms with E-state index in [1.807, 2.05) is 32.9 Å². The van der Waals surface area contributed by atoms with E-state index < -0.39 is 0 Å². The Kier molecular flexibility index (Phi) is 5.29. The molecule has 0 saturated carbocycles. The number of nitrogens with one attached hydrogen (secondary N) is 1. The third-order valence-electron chi connectivity index (χ3n) is 2.42. The van der Waals surface area contributed by atoms with Crippen molar-refractivity contribution in [3.63, 3.8) is 0 Å². The largest absolute Gasteiger partial charge is 0.492 e. The Morgan fingerprint density at radius 1 is 1.35 bits per heavy atom. The molecule has 1 rings (SSSR count). The molecule has 0 aromatic heterocycles. The van der Waals surface area contributed by atoms with Crippen molar-refractivity contribution < 1.29 is 9.53 Å². The molecule has 0 unspecified atom stereocenters. The lowest BCUT2D eigenvalue weighted by Gasteiger charge is -2.10. The summed E-state index contributed by atoms with van der Waals surface area (Å²) in [7, 11) is 0. The van der Waals surface area contributed by atoms with Crippen LogP contribution in [-0.4, -0.2) is 19.1 Å². The molecule has 17 heavy (non-hydrogen) atoms. The van der Waals surface area contributed by atoms with Gasteiger partial charge in [0, 0.05) is 11.4 Å². The van der Waals surface area contributed by atoms with Crippen LogP contribution in [0, 0.1) is 13.8 Å². The summed E-state index contributed by atoms with van der Waals surface area (Å²) in [6, 6.07) is 3.80. The zero-order chi connectivity index (χ0) is 12.8. The van der Waals surface area contributed by atoms with Gasteiger partial charge in [-0.2, -0.15) is 0 Å². The van der Waals surface area contributed by atoms with Gasteiger partial charge in [0.2, 0.25) is 5.91 Å². The number of aryl methyl sites for hydroxylation is 2. The number of carbonyl (C=O) groups is 1. The second-order valence-electron chi connectivity index (χ2n) is 3.92. The number of benzene rings is 1. The number of hydrogen-bond acceptors (Lipinski definition) is 2. The van der Waals surface area contributed by atoms with Crippen molar-refractivity contribution in [2.24, 2.45) is 0 Å². The summed E-state index contributed by atoms with van der Waals surface area (Å²) in [5.74, 6) is 0.826. The van der Waals surface area contributed by atoms with E-state index in [1.165, 1.54) is 0 Å². The Hall–Kier alpha value is -1.22. The second kappa shape index (κ2) is 6.50. The fourth-order valence-corrected chi connectivity index (χ4v) is 1.58. The van der Waals surface area contributed by atoms with Gasteiger partial charge in [0.1, 0.15) is 12.4 Å². The summed E-state index contributed by atoms with van der Waals surface area (Å²) >= 11 is 6.06. The molecule has 1 amide bonds. The molecular formula is C13H18ClNO2. The van der Waals surface area contributed by atoms with Gasteiger partial charge in [-0.3, -0.25) is 4.79 Å². The first-order chi connectivity index (χ1) is 8.04. The van der Waals surface area contributed by atoms with E-state index in [2.05, 4.69) is 5.32 Å². The van der Waals surface area contributed by atoms with Gasteiger partial charge in [-0.05, 0) is 37.1 Å². The zero-order valence-electron chi connectivity index (χ0n) is 10.5. The van der Waals surface area contributed by atoms with Crippen molar-refractivity contribution in [2.45, 2.75) is 27.2 Å². The molecule has 94 valence electrons. The Balaban J connectivity index is 2.45. The van der Waals surface area contributed by atoms with Crippen molar-refractivity contribution >= 4 is 17.5 Å². The highest BCUT2D eigenvalue weighted by Gasteiger charge is 2.03. The number of amides is 1. The first kappa shape index (κ1) is 13.8. The van der Waals surface area contributed by atoms with E-state index in [0.717, 1.165) is 21.9 Å². The zero-order valence-corrected chi connectivity index (χ0v) is 11.2. The van der Waals surface area contributed by atoms with Crippen LogP contribution in [0.3, 0.4) is 0 Å². The Labute approximate surface area is 107 Å². The minimum absolute atomic E-state index is 0.0390. The van der Waals surface area contributed by atoms with Crippen molar-refractivity contribution in [3.8, 4) is 5.75 Å². The molecule has 0 aliphatic carbocycles. The summed E-state index contributed by atoms with van der Waals surface area (Å²) in [4.78, 5) is 11.0. The number of carbonyl (C=O) groups excluding carboxylic acids is 1. The van der Waals surface area contributed by atoms with Crippen LogP contribution in [-0.2, 0) is 4.79 Å². The molecule has 0 saturated heterocycles. The maximum atomic E-state index is 11.0. The monoisotopic (exact) mass is 255 g/mol. The van der Waals surface area contributed by atoms with Crippen LogP contribution in [0.4, 0.5) is 0 Å². The highest BCUT2D eigenvalue weighted by atomic mass is 35.5. The average Bonchev–Trinajstić information content (AvgIpc) is 2.31. The van der Waals surface area contributed by atoms with Crippen molar-refractivity contribution in [2.75, 3.05) is 13.2 Å². The molecule has 0 bridgehead atoms. The summed E-state index contributed by atoms with van der Waals surface area (Å²) in [6.45, 7) is 6.70. The number of ether oxygens (including phenoxy) is 1. The first-order valence-electron chi connectivity index (χ1n) is 5.70.